The van der Waals surface area contributed by atoms with Gasteiger partial charge in [-0.2, -0.15) is 0 Å². The van der Waals surface area contributed by atoms with Gasteiger partial charge in [0.1, 0.15) is 0 Å². The Morgan fingerprint density at radius 3 is 2.58 bits per heavy atom. The third-order valence-electron chi connectivity index (χ3n) is 3.07. The second kappa shape index (κ2) is 6.48. The molecule has 0 radical (unpaired) electrons. The molecule has 1 aromatic rings. The summed E-state index contributed by atoms with van der Waals surface area (Å²) in [6.45, 7) is 10.2. The van der Waals surface area contributed by atoms with E-state index in [2.05, 4.69) is 31.1 Å². The van der Waals surface area contributed by atoms with Crippen molar-refractivity contribution in [2.75, 3.05) is 6.61 Å². The Bertz CT molecular complexity index is 423. The van der Waals surface area contributed by atoms with Crippen LogP contribution in [0.3, 0.4) is 0 Å². The molecule has 108 valence electrons. The number of nitrogens with zero attached hydrogens (tertiary/aromatic N) is 1. The van der Waals surface area contributed by atoms with Gasteiger partial charge in [0.25, 0.3) is 0 Å². The minimum atomic E-state index is -0.0430. The predicted octanol–water partition coefficient (Wildman–Crippen LogP) is 2.12. The zero-order valence-electron chi connectivity index (χ0n) is 12.4. The number of carbonyl (C=O) groups excluding carboxylic acids is 1. The van der Waals surface area contributed by atoms with Crippen LogP contribution in [0.4, 0.5) is 0 Å². The van der Waals surface area contributed by atoms with E-state index in [4.69, 9.17) is 5.11 Å². The van der Waals surface area contributed by atoms with Crippen LogP contribution in [0, 0.1) is 5.92 Å². The number of amides is 1. The molecule has 1 rings (SSSR count). The Morgan fingerprint density at radius 1 is 1.47 bits per heavy atom. The first-order valence-corrected chi connectivity index (χ1v) is 7.47. The Morgan fingerprint density at radius 2 is 2.11 bits per heavy atom. The highest BCUT2D eigenvalue weighted by Crippen LogP contribution is 2.25. The van der Waals surface area contributed by atoms with E-state index >= 15 is 0 Å². The fourth-order valence-electron chi connectivity index (χ4n) is 1.50. The summed E-state index contributed by atoms with van der Waals surface area (Å²) in [5.74, 6) is 0.0167. The molecular weight excluding hydrogens is 260 g/mol. The Labute approximate surface area is 119 Å². The number of hydrogen-bond acceptors (Lipinski definition) is 4. The first kappa shape index (κ1) is 16.1. The summed E-state index contributed by atoms with van der Waals surface area (Å²) in [4.78, 5) is 16.4. The summed E-state index contributed by atoms with van der Waals surface area (Å²) in [6.07, 6.45) is 0.301. The first-order chi connectivity index (χ1) is 8.74. The van der Waals surface area contributed by atoms with Crippen LogP contribution < -0.4 is 5.32 Å². The van der Waals surface area contributed by atoms with E-state index in [0.29, 0.717) is 6.42 Å². The SMILES string of the molecule is CC(CO)C(C)NC(=O)Cc1csc(C(C)(C)C)n1. The zero-order chi connectivity index (χ0) is 14.6. The molecule has 1 aromatic heterocycles. The van der Waals surface area contributed by atoms with E-state index in [1.54, 1.807) is 11.3 Å². The van der Waals surface area contributed by atoms with Gasteiger partial charge in [0.05, 0.1) is 17.1 Å². The van der Waals surface area contributed by atoms with Gasteiger partial charge in [0.15, 0.2) is 0 Å². The molecule has 2 unspecified atom stereocenters. The van der Waals surface area contributed by atoms with E-state index < -0.39 is 0 Å². The van der Waals surface area contributed by atoms with Crippen LogP contribution in [0.5, 0.6) is 0 Å². The van der Waals surface area contributed by atoms with Gasteiger partial charge < -0.3 is 10.4 Å². The third kappa shape index (κ3) is 4.91. The van der Waals surface area contributed by atoms with Crippen molar-refractivity contribution in [1.29, 1.82) is 0 Å². The third-order valence-corrected chi connectivity index (χ3v) is 4.38. The maximum Gasteiger partial charge on any atom is 0.226 e. The normalized spacial score (nSPS) is 15.1. The monoisotopic (exact) mass is 284 g/mol. The van der Waals surface area contributed by atoms with Gasteiger partial charge in [-0.15, -0.1) is 11.3 Å². The second-order valence-corrected chi connectivity index (χ2v) is 6.94. The average Bonchev–Trinajstić information content (AvgIpc) is 2.75. The Hall–Kier alpha value is -0.940. The van der Waals surface area contributed by atoms with Gasteiger partial charge in [0.2, 0.25) is 5.91 Å². The summed E-state index contributed by atoms with van der Waals surface area (Å²) in [5, 5.41) is 14.9. The van der Waals surface area contributed by atoms with Gasteiger partial charge in [0, 0.05) is 23.4 Å². The highest BCUT2D eigenvalue weighted by molar-refractivity contribution is 7.09. The van der Waals surface area contributed by atoms with Gasteiger partial charge in [-0.1, -0.05) is 27.7 Å². The zero-order valence-corrected chi connectivity index (χ0v) is 13.2. The number of aromatic nitrogens is 1. The molecule has 0 aromatic carbocycles. The van der Waals surface area contributed by atoms with Crippen molar-refractivity contribution in [2.24, 2.45) is 5.92 Å². The summed E-state index contributed by atoms with van der Waals surface area (Å²) in [5.41, 5.74) is 0.842. The number of hydrogen-bond donors (Lipinski definition) is 2. The molecular formula is C14H24N2O2S. The highest BCUT2D eigenvalue weighted by atomic mass is 32.1. The largest absolute Gasteiger partial charge is 0.396 e. The molecule has 0 saturated heterocycles. The van der Waals surface area contributed by atoms with Crippen molar-refractivity contribution in [1.82, 2.24) is 10.3 Å². The molecule has 0 saturated carbocycles. The molecule has 2 atom stereocenters. The van der Waals surface area contributed by atoms with Gasteiger partial charge in [-0.25, -0.2) is 4.98 Å². The van der Waals surface area contributed by atoms with E-state index in [1.807, 2.05) is 19.2 Å². The second-order valence-electron chi connectivity index (χ2n) is 6.09. The number of aliphatic hydroxyl groups excluding tert-OH is 1. The number of nitrogens with one attached hydrogen (secondary N) is 1. The number of aliphatic hydroxyl groups is 1. The molecule has 0 aliphatic heterocycles. The molecule has 0 aliphatic carbocycles. The van der Waals surface area contributed by atoms with Gasteiger partial charge >= 0.3 is 0 Å². The Kier molecular flexibility index (Phi) is 5.50. The van der Waals surface area contributed by atoms with Crippen molar-refractivity contribution in [2.45, 2.75) is 52.5 Å². The fourth-order valence-corrected chi connectivity index (χ4v) is 2.41. The molecule has 2 N–H and O–H groups in total. The van der Waals surface area contributed by atoms with Crippen LogP contribution in [-0.4, -0.2) is 28.6 Å². The minimum absolute atomic E-state index is 0.0259. The molecule has 0 spiro atoms. The molecule has 5 heteroatoms. The van der Waals surface area contributed by atoms with Crippen molar-refractivity contribution in [3.8, 4) is 0 Å². The number of thiazole rings is 1. The first-order valence-electron chi connectivity index (χ1n) is 6.59. The summed E-state index contributed by atoms with van der Waals surface area (Å²) in [7, 11) is 0. The van der Waals surface area contributed by atoms with E-state index in [9.17, 15) is 4.79 Å². The summed E-state index contributed by atoms with van der Waals surface area (Å²) in [6, 6.07) is -0.0294. The maximum absolute atomic E-state index is 11.9. The molecule has 19 heavy (non-hydrogen) atoms. The maximum atomic E-state index is 11.9. The Balaban J connectivity index is 2.56. The predicted molar refractivity (Wildman–Crippen MR) is 78.4 cm³/mol. The van der Waals surface area contributed by atoms with E-state index in [1.165, 1.54) is 0 Å². The van der Waals surface area contributed by atoms with E-state index in [0.717, 1.165) is 10.7 Å². The van der Waals surface area contributed by atoms with Crippen LogP contribution in [-0.2, 0) is 16.6 Å². The summed E-state index contributed by atoms with van der Waals surface area (Å²) >= 11 is 1.60. The van der Waals surface area contributed by atoms with Crippen LogP contribution >= 0.6 is 11.3 Å². The van der Waals surface area contributed by atoms with Crippen molar-refractivity contribution in [3.05, 3.63) is 16.1 Å². The van der Waals surface area contributed by atoms with Crippen LogP contribution in [0.1, 0.15) is 45.3 Å². The van der Waals surface area contributed by atoms with Gasteiger partial charge in [-0.3, -0.25) is 4.79 Å². The van der Waals surface area contributed by atoms with Crippen molar-refractivity contribution in [3.63, 3.8) is 0 Å². The lowest BCUT2D eigenvalue weighted by molar-refractivity contribution is -0.121. The van der Waals surface area contributed by atoms with Crippen LogP contribution in [0.25, 0.3) is 0 Å². The lowest BCUT2D eigenvalue weighted by atomic mass is 9.98. The van der Waals surface area contributed by atoms with Crippen molar-refractivity contribution >= 4 is 17.2 Å². The lowest BCUT2D eigenvalue weighted by Crippen LogP contribution is -2.39. The minimum Gasteiger partial charge on any atom is -0.396 e. The van der Waals surface area contributed by atoms with Crippen LogP contribution in [0.15, 0.2) is 5.38 Å². The average molecular weight is 284 g/mol. The fraction of sp³-hybridized carbons (Fsp3) is 0.714. The molecule has 4 nitrogen and oxygen atoms in total. The number of carbonyl (C=O) groups is 1. The topological polar surface area (TPSA) is 62.2 Å². The molecule has 0 aliphatic rings. The van der Waals surface area contributed by atoms with E-state index in [-0.39, 0.29) is 29.9 Å². The van der Waals surface area contributed by atoms with Gasteiger partial charge in [-0.05, 0) is 12.8 Å². The van der Waals surface area contributed by atoms with Crippen LogP contribution in [0.2, 0.25) is 0 Å². The van der Waals surface area contributed by atoms with Crippen molar-refractivity contribution < 1.29 is 9.90 Å². The molecule has 1 amide bonds. The lowest BCUT2D eigenvalue weighted by Gasteiger charge is -2.18. The molecule has 0 bridgehead atoms. The quantitative estimate of drug-likeness (QED) is 0.870. The number of rotatable bonds is 5. The highest BCUT2D eigenvalue weighted by Gasteiger charge is 2.19. The summed E-state index contributed by atoms with van der Waals surface area (Å²) < 4.78 is 0. The smallest absolute Gasteiger partial charge is 0.226 e. The molecule has 0 fully saturated rings. The molecule has 1 heterocycles. The standard InChI is InChI=1S/C14H24N2O2S/c1-9(7-17)10(2)15-12(18)6-11-8-19-13(16-11)14(3,4)5/h8-10,17H,6-7H2,1-5H3,(H,15,18).